The molecule has 2 aliphatic heterocycles. The molecule has 0 atom stereocenters. The van der Waals surface area contributed by atoms with Gasteiger partial charge in [-0.25, -0.2) is 8.42 Å². The van der Waals surface area contributed by atoms with E-state index in [-0.39, 0.29) is 17.1 Å². The lowest BCUT2D eigenvalue weighted by atomic mass is 10.2. The molecule has 8 nitrogen and oxygen atoms in total. The van der Waals surface area contributed by atoms with Crippen LogP contribution in [-0.4, -0.2) is 52.3 Å². The number of sulfonamides is 1. The highest BCUT2D eigenvalue weighted by molar-refractivity contribution is 7.89. The number of ketones is 1. The fourth-order valence-corrected chi connectivity index (χ4v) is 5.76. The first kappa shape index (κ1) is 22.8. The highest BCUT2D eigenvalue weighted by Crippen LogP contribution is 2.40. The van der Waals surface area contributed by atoms with Gasteiger partial charge >= 0.3 is 0 Å². The Kier molecular flexibility index (Phi) is 6.40. The number of Topliss-reactive ketones (excluding diaryl/α,β-unsaturated/α-hetero) is 1. The number of fused-ring (bicyclic) bond motifs is 1. The summed E-state index contributed by atoms with van der Waals surface area (Å²) < 4.78 is 32.6. The summed E-state index contributed by atoms with van der Waals surface area (Å²) in [5.74, 6) is 0.402. The summed E-state index contributed by atoms with van der Waals surface area (Å²) in [6, 6.07) is 15.7. The van der Waals surface area contributed by atoms with Gasteiger partial charge in [0.05, 0.1) is 16.3 Å². The number of hydrogen-bond acceptors (Lipinski definition) is 7. The molecule has 0 N–H and O–H groups in total. The quantitative estimate of drug-likeness (QED) is 0.477. The van der Waals surface area contributed by atoms with Crippen LogP contribution in [0.4, 0.5) is 11.4 Å². The molecule has 33 heavy (non-hydrogen) atoms. The van der Waals surface area contributed by atoms with Crippen LogP contribution in [0.5, 0.6) is 5.75 Å². The van der Waals surface area contributed by atoms with Crippen molar-refractivity contribution in [3.63, 3.8) is 0 Å². The van der Waals surface area contributed by atoms with Crippen LogP contribution < -0.4 is 14.5 Å². The molecule has 0 aromatic heterocycles. The largest absolute Gasteiger partial charge is 0.485 e. The van der Waals surface area contributed by atoms with E-state index in [1.807, 2.05) is 54.2 Å². The van der Waals surface area contributed by atoms with Crippen LogP contribution in [0.2, 0.25) is 0 Å². The molecule has 2 heterocycles. The molecular weight excluding hydrogens is 440 g/mol. The van der Waals surface area contributed by atoms with Gasteiger partial charge in [-0.15, -0.1) is 0 Å². The predicted octanol–water partition coefficient (Wildman–Crippen LogP) is 3.13. The van der Waals surface area contributed by atoms with Crippen LogP contribution in [0.15, 0.2) is 64.8 Å². The van der Waals surface area contributed by atoms with Gasteiger partial charge in [0.1, 0.15) is 23.2 Å². The molecule has 0 spiro atoms. The molecule has 1 saturated heterocycles. The number of nitriles is 1. The minimum absolute atomic E-state index is 0.000460. The van der Waals surface area contributed by atoms with Crippen molar-refractivity contribution in [3.8, 4) is 11.8 Å². The molecule has 0 radical (unpaired) electrons. The summed E-state index contributed by atoms with van der Waals surface area (Å²) in [7, 11) is 0.0926. The van der Waals surface area contributed by atoms with Crippen molar-refractivity contribution in [2.45, 2.75) is 24.2 Å². The van der Waals surface area contributed by atoms with Crippen molar-refractivity contribution in [1.82, 2.24) is 4.31 Å². The highest BCUT2D eigenvalue weighted by Gasteiger charge is 2.31. The number of benzene rings is 2. The first-order valence-corrected chi connectivity index (χ1v) is 12.3. The van der Waals surface area contributed by atoms with Gasteiger partial charge in [0.25, 0.3) is 0 Å². The number of ether oxygens (including phenoxy) is 1. The average molecular weight is 467 g/mol. The number of anilines is 2. The van der Waals surface area contributed by atoms with Crippen molar-refractivity contribution in [2.24, 2.45) is 0 Å². The summed E-state index contributed by atoms with van der Waals surface area (Å²) in [6.45, 7) is 0.740. The summed E-state index contributed by atoms with van der Waals surface area (Å²) in [6.07, 6.45) is 2.79. The third-order valence-electron chi connectivity index (χ3n) is 6.00. The summed E-state index contributed by atoms with van der Waals surface area (Å²) in [5.41, 5.74) is 1.81. The fourth-order valence-electron chi connectivity index (χ4n) is 4.24. The van der Waals surface area contributed by atoms with Crippen LogP contribution in [0.1, 0.15) is 19.3 Å². The highest BCUT2D eigenvalue weighted by atomic mass is 32.2. The Morgan fingerprint density at radius 1 is 0.970 bits per heavy atom. The van der Waals surface area contributed by atoms with E-state index in [4.69, 9.17) is 4.74 Å². The zero-order valence-corrected chi connectivity index (χ0v) is 19.5. The number of para-hydroxylation sites is 2. The van der Waals surface area contributed by atoms with Crippen LogP contribution in [0.3, 0.4) is 0 Å². The Morgan fingerprint density at radius 2 is 1.55 bits per heavy atom. The predicted molar refractivity (Wildman–Crippen MR) is 125 cm³/mol. The van der Waals surface area contributed by atoms with E-state index in [9.17, 15) is 18.5 Å². The van der Waals surface area contributed by atoms with Crippen molar-refractivity contribution in [2.75, 3.05) is 43.6 Å². The third-order valence-corrected chi connectivity index (χ3v) is 7.91. The Labute approximate surface area is 194 Å². The minimum Gasteiger partial charge on any atom is -0.485 e. The number of piperidine rings is 1. The second kappa shape index (κ2) is 9.25. The fraction of sp³-hybridized carbons (Fsp3) is 0.333. The lowest BCUT2D eigenvalue weighted by Crippen LogP contribution is -2.35. The molecular formula is C24H26N4O4S. The smallest absolute Gasteiger partial charge is 0.243 e. The van der Waals surface area contributed by atoms with Crippen molar-refractivity contribution in [3.05, 3.63) is 59.9 Å². The number of carbonyl (C=O) groups is 1. The molecule has 2 aromatic rings. The number of carbonyl (C=O) groups excluding carboxylic acids is 1. The van der Waals surface area contributed by atoms with Gasteiger partial charge < -0.3 is 14.5 Å². The van der Waals surface area contributed by atoms with E-state index in [0.29, 0.717) is 24.7 Å². The summed E-state index contributed by atoms with van der Waals surface area (Å²) in [5, 5.41) is 9.71. The van der Waals surface area contributed by atoms with Crippen molar-refractivity contribution >= 4 is 27.2 Å². The number of rotatable bonds is 6. The molecule has 0 amide bonds. The zero-order chi connectivity index (χ0) is 23.6. The number of nitrogens with zero attached hydrogens (tertiary/aromatic N) is 4. The standard InChI is InChI=1S/C24H26N4O4S/c1-26-21-8-4-5-9-22(21)27(2)24(26)20(16-25)23(29)17-32-18-10-12-19(13-11-18)33(30,31)28-14-6-3-7-15-28/h4-5,8-13H,3,6-7,14-15,17H2,1-2H3. The van der Waals surface area contributed by atoms with E-state index in [0.717, 1.165) is 30.6 Å². The van der Waals surface area contributed by atoms with Crippen LogP contribution in [-0.2, 0) is 14.8 Å². The second-order valence-corrected chi connectivity index (χ2v) is 10.0. The van der Waals surface area contributed by atoms with Gasteiger partial charge in [0.2, 0.25) is 15.8 Å². The molecule has 0 unspecified atom stereocenters. The zero-order valence-electron chi connectivity index (χ0n) is 18.7. The SMILES string of the molecule is CN1C(=C(C#N)C(=O)COc2ccc(S(=O)(=O)N3CCCCC3)cc2)N(C)c2ccccc21. The van der Waals surface area contributed by atoms with Gasteiger partial charge in [-0.3, -0.25) is 4.79 Å². The maximum atomic E-state index is 12.8. The Morgan fingerprint density at radius 3 is 2.09 bits per heavy atom. The Balaban J connectivity index is 1.46. The van der Waals surface area contributed by atoms with Crippen LogP contribution in [0.25, 0.3) is 0 Å². The van der Waals surface area contributed by atoms with Gasteiger partial charge in [-0.1, -0.05) is 18.6 Å². The summed E-state index contributed by atoms with van der Waals surface area (Å²) >= 11 is 0. The van der Waals surface area contributed by atoms with Gasteiger partial charge in [-0.05, 0) is 49.2 Å². The normalized spacial score (nSPS) is 16.3. The van der Waals surface area contributed by atoms with E-state index < -0.39 is 15.8 Å². The monoisotopic (exact) mass is 466 g/mol. The minimum atomic E-state index is -3.53. The van der Waals surface area contributed by atoms with E-state index in [1.165, 1.54) is 28.6 Å². The number of hydrogen-bond donors (Lipinski definition) is 0. The molecule has 2 aliphatic rings. The first-order valence-electron chi connectivity index (χ1n) is 10.8. The maximum absolute atomic E-state index is 12.8. The van der Waals surface area contributed by atoms with E-state index >= 15 is 0 Å². The molecule has 0 aliphatic carbocycles. The molecule has 4 rings (SSSR count). The molecule has 9 heteroatoms. The molecule has 2 aromatic carbocycles. The maximum Gasteiger partial charge on any atom is 0.243 e. The molecule has 1 fully saturated rings. The average Bonchev–Trinajstić information content (AvgIpc) is 3.09. The van der Waals surface area contributed by atoms with E-state index in [2.05, 4.69) is 0 Å². The molecule has 0 saturated carbocycles. The topological polar surface area (TPSA) is 93.9 Å². The van der Waals surface area contributed by atoms with Gasteiger partial charge in [0.15, 0.2) is 6.61 Å². The lowest BCUT2D eigenvalue weighted by molar-refractivity contribution is -0.117. The first-order chi connectivity index (χ1) is 15.8. The van der Waals surface area contributed by atoms with Crippen molar-refractivity contribution < 1.29 is 17.9 Å². The third kappa shape index (κ3) is 4.32. The lowest BCUT2D eigenvalue weighted by Gasteiger charge is -2.25. The van der Waals surface area contributed by atoms with Crippen LogP contribution in [0, 0.1) is 11.3 Å². The van der Waals surface area contributed by atoms with Gasteiger partial charge in [-0.2, -0.15) is 9.57 Å². The molecule has 172 valence electrons. The Hall–Kier alpha value is -3.35. The van der Waals surface area contributed by atoms with E-state index in [1.54, 1.807) is 0 Å². The molecule has 0 bridgehead atoms. The second-order valence-electron chi connectivity index (χ2n) is 8.07. The van der Waals surface area contributed by atoms with Crippen molar-refractivity contribution in [1.29, 1.82) is 5.26 Å². The summed E-state index contributed by atoms with van der Waals surface area (Å²) in [4.78, 5) is 16.7. The van der Waals surface area contributed by atoms with Gasteiger partial charge in [0, 0.05) is 27.2 Å². The van der Waals surface area contributed by atoms with Crippen LogP contribution >= 0.6 is 0 Å². The Bertz CT molecular complexity index is 1190.